The van der Waals surface area contributed by atoms with Crippen LogP contribution in [-0.2, 0) is 15.1 Å². The van der Waals surface area contributed by atoms with Crippen LogP contribution in [0.25, 0.3) is 0 Å². The number of hydrogen-bond donors (Lipinski definition) is 3. The highest BCUT2D eigenvalue weighted by molar-refractivity contribution is 5.87. The maximum atomic E-state index is 11.8. The van der Waals surface area contributed by atoms with Gasteiger partial charge in [-0.15, -0.1) is 0 Å². The van der Waals surface area contributed by atoms with Gasteiger partial charge in [0.1, 0.15) is 0 Å². The first-order valence-electron chi connectivity index (χ1n) is 6.28. The zero-order chi connectivity index (χ0) is 15.2. The summed E-state index contributed by atoms with van der Waals surface area (Å²) in [4.78, 5) is 23.3. The van der Waals surface area contributed by atoms with Gasteiger partial charge >= 0.3 is 12.0 Å². The number of carboxylic acid groups (broad SMARTS) is 1. The topological polar surface area (TPSA) is 87.7 Å². The lowest BCUT2D eigenvalue weighted by molar-refractivity contribution is -0.144. The summed E-state index contributed by atoms with van der Waals surface area (Å²) < 4.78 is 5.00. The van der Waals surface area contributed by atoms with E-state index < -0.39 is 17.5 Å². The van der Waals surface area contributed by atoms with Gasteiger partial charge in [-0.05, 0) is 19.4 Å². The van der Waals surface area contributed by atoms with E-state index in [0.717, 1.165) is 0 Å². The number of urea groups is 1. The Kier molecular flexibility index (Phi) is 5.52. The van der Waals surface area contributed by atoms with Gasteiger partial charge in [-0.3, -0.25) is 0 Å². The Morgan fingerprint density at radius 3 is 2.45 bits per heavy atom. The van der Waals surface area contributed by atoms with Gasteiger partial charge in [0.05, 0.1) is 6.10 Å². The van der Waals surface area contributed by atoms with Gasteiger partial charge in [0, 0.05) is 13.7 Å². The Hall–Kier alpha value is -2.08. The Labute approximate surface area is 118 Å². The number of carbonyl (C=O) groups excluding carboxylic acids is 1. The normalized spacial score (nSPS) is 14.9. The third-order valence-electron chi connectivity index (χ3n) is 3.09. The first-order valence-corrected chi connectivity index (χ1v) is 6.28. The second kappa shape index (κ2) is 6.91. The number of carbonyl (C=O) groups is 2. The van der Waals surface area contributed by atoms with Crippen molar-refractivity contribution in [3.63, 3.8) is 0 Å². The molecule has 0 aliphatic rings. The van der Waals surface area contributed by atoms with Gasteiger partial charge in [0.15, 0.2) is 5.54 Å². The van der Waals surface area contributed by atoms with Crippen molar-refractivity contribution in [1.29, 1.82) is 0 Å². The van der Waals surface area contributed by atoms with E-state index in [1.54, 1.807) is 37.3 Å². The van der Waals surface area contributed by atoms with Crippen molar-refractivity contribution in [3.05, 3.63) is 35.9 Å². The number of nitrogens with one attached hydrogen (secondary N) is 2. The lowest BCUT2D eigenvalue weighted by Gasteiger charge is -2.27. The Bertz CT molecular complexity index is 464. The fourth-order valence-electron chi connectivity index (χ4n) is 1.61. The van der Waals surface area contributed by atoms with Crippen molar-refractivity contribution in [2.75, 3.05) is 13.7 Å². The van der Waals surface area contributed by atoms with Gasteiger partial charge < -0.3 is 20.5 Å². The zero-order valence-corrected chi connectivity index (χ0v) is 11.8. The molecule has 3 N–H and O–H groups in total. The first kappa shape index (κ1) is 16.0. The molecule has 0 aliphatic carbocycles. The van der Waals surface area contributed by atoms with Crippen LogP contribution in [0.3, 0.4) is 0 Å². The molecule has 0 spiro atoms. The molecule has 0 saturated heterocycles. The van der Waals surface area contributed by atoms with Gasteiger partial charge in [-0.25, -0.2) is 9.59 Å². The number of benzene rings is 1. The SMILES string of the molecule is COC(C)CNC(=O)NC(C)(C(=O)O)c1ccccc1. The minimum absolute atomic E-state index is 0.145. The molecule has 1 rings (SSSR count). The van der Waals surface area contributed by atoms with Crippen LogP contribution >= 0.6 is 0 Å². The molecule has 0 radical (unpaired) electrons. The predicted octanol–water partition coefficient (Wildman–Crippen LogP) is 1.32. The number of methoxy groups -OCH3 is 1. The summed E-state index contributed by atoms with van der Waals surface area (Å²) in [6, 6.07) is 8.00. The lowest BCUT2D eigenvalue weighted by Crippen LogP contribution is -2.53. The van der Waals surface area contributed by atoms with E-state index >= 15 is 0 Å². The summed E-state index contributed by atoms with van der Waals surface area (Å²) in [5, 5.41) is 14.4. The molecular formula is C14H20N2O4. The maximum absolute atomic E-state index is 11.8. The standard InChI is InChI=1S/C14H20N2O4/c1-10(20-3)9-15-13(19)16-14(2,12(17)18)11-7-5-4-6-8-11/h4-8,10H,9H2,1-3H3,(H,17,18)(H2,15,16,19). The van der Waals surface area contributed by atoms with Gasteiger partial charge in [-0.2, -0.15) is 0 Å². The van der Waals surface area contributed by atoms with E-state index in [2.05, 4.69) is 10.6 Å². The van der Waals surface area contributed by atoms with Crippen LogP contribution in [0.15, 0.2) is 30.3 Å². The van der Waals surface area contributed by atoms with Gasteiger partial charge in [0.2, 0.25) is 0 Å². The number of hydrogen-bond acceptors (Lipinski definition) is 3. The molecule has 0 heterocycles. The smallest absolute Gasteiger partial charge is 0.333 e. The van der Waals surface area contributed by atoms with Crippen molar-refractivity contribution in [2.45, 2.75) is 25.5 Å². The molecule has 2 unspecified atom stereocenters. The molecule has 110 valence electrons. The fraction of sp³-hybridized carbons (Fsp3) is 0.429. The van der Waals surface area contributed by atoms with E-state index in [9.17, 15) is 14.7 Å². The van der Waals surface area contributed by atoms with Crippen LogP contribution in [0.1, 0.15) is 19.4 Å². The number of ether oxygens (including phenoxy) is 1. The summed E-state index contributed by atoms with van der Waals surface area (Å²) in [6.45, 7) is 3.55. The number of aliphatic carboxylic acids is 1. The number of carboxylic acids is 1. The molecule has 2 atom stereocenters. The van der Waals surface area contributed by atoms with Crippen LogP contribution in [0.2, 0.25) is 0 Å². The van der Waals surface area contributed by atoms with Gasteiger partial charge in [0.25, 0.3) is 0 Å². The molecule has 1 aromatic rings. The fourth-order valence-corrected chi connectivity index (χ4v) is 1.61. The zero-order valence-electron chi connectivity index (χ0n) is 11.8. The van der Waals surface area contributed by atoms with Crippen molar-refractivity contribution < 1.29 is 19.4 Å². The van der Waals surface area contributed by atoms with Crippen molar-refractivity contribution in [3.8, 4) is 0 Å². The summed E-state index contributed by atoms with van der Waals surface area (Å²) >= 11 is 0. The summed E-state index contributed by atoms with van der Waals surface area (Å²) in [6.07, 6.45) is -0.145. The van der Waals surface area contributed by atoms with Crippen LogP contribution in [-0.4, -0.2) is 36.9 Å². The highest BCUT2D eigenvalue weighted by atomic mass is 16.5. The van der Waals surface area contributed by atoms with E-state index in [4.69, 9.17) is 4.74 Å². The minimum Gasteiger partial charge on any atom is -0.479 e. The summed E-state index contributed by atoms with van der Waals surface area (Å²) in [5.74, 6) is -1.13. The highest BCUT2D eigenvalue weighted by Crippen LogP contribution is 2.20. The van der Waals surface area contributed by atoms with Crippen molar-refractivity contribution in [2.24, 2.45) is 0 Å². The molecule has 0 fully saturated rings. The molecule has 0 aliphatic heterocycles. The Balaban J connectivity index is 2.78. The van der Waals surface area contributed by atoms with E-state index in [1.165, 1.54) is 14.0 Å². The second-order valence-electron chi connectivity index (χ2n) is 4.68. The molecule has 6 nitrogen and oxygen atoms in total. The Morgan fingerprint density at radius 2 is 1.95 bits per heavy atom. The van der Waals surface area contributed by atoms with Crippen LogP contribution in [0, 0.1) is 0 Å². The Morgan fingerprint density at radius 1 is 1.35 bits per heavy atom. The third kappa shape index (κ3) is 3.96. The molecule has 20 heavy (non-hydrogen) atoms. The van der Waals surface area contributed by atoms with Crippen LogP contribution < -0.4 is 10.6 Å². The average Bonchev–Trinajstić information content (AvgIpc) is 2.45. The number of rotatable bonds is 6. The molecule has 1 aromatic carbocycles. The monoisotopic (exact) mass is 280 g/mol. The molecule has 0 aromatic heterocycles. The van der Waals surface area contributed by atoms with E-state index in [1.807, 2.05) is 0 Å². The largest absolute Gasteiger partial charge is 0.479 e. The third-order valence-corrected chi connectivity index (χ3v) is 3.09. The van der Waals surface area contributed by atoms with Crippen molar-refractivity contribution >= 4 is 12.0 Å². The highest BCUT2D eigenvalue weighted by Gasteiger charge is 2.36. The average molecular weight is 280 g/mol. The van der Waals surface area contributed by atoms with E-state index in [-0.39, 0.29) is 6.10 Å². The summed E-state index contributed by atoms with van der Waals surface area (Å²) in [5.41, 5.74) is -0.982. The molecule has 0 bridgehead atoms. The maximum Gasteiger partial charge on any atom is 0.333 e. The van der Waals surface area contributed by atoms with Crippen molar-refractivity contribution in [1.82, 2.24) is 10.6 Å². The summed E-state index contributed by atoms with van der Waals surface area (Å²) in [7, 11) is 1.54. The molecule has 2 amide bonds. The van der Waals surface area contributed by atoms with Crippen LogP contribution in [0.5, 0.6) is 0 Å². The number of amides is 2. The quantitative estimate of drug-likeness (QED) is 0.733. The first-order chi connectivity index (χ1) is 9.40. The molecular weight excluding hydrogens is 260 g/mol. The lowest BCUT2D eigenvalue weighted by atomic mass is 9.92. The second-order valence-corrected chi connectivity index (χ2v) is 4.68. The predicted molar refractivity (Wildman–Crippen MR) is 74.4 cm³/mol. The van der Waals surface area contributed by atoms with E-state index in [0.29, 0.717) is 12.1 Å². The molecule has 6 heteroatoms. The molecule has 0 saturated carbocycles. The minimum atomic E-state index is -1.48. The van der Waals surface area contributed by atoms with Gasteiger partial charge in [-0.1, -0.05) is 30.3 Å². The van der Waals surface area contributed by atoms with Crippen LogP contribution in [0.4, 0.5) is 4.79 Å².